The highest BCUT2D eigenvalue weighted by Crippen LogP contribution is 2.28. The van der Waals surface area contributed by atoms with Gasteiger partial charge in [0.25, 0.3) is 0 Å². The van der Waals surface area contributed by atoms with Crippen LogP contribution in [0.25, 0.3) is 10.4 Å². The molecule has 3 heteroatoms. The summed E-state index contributed by atoms with van der Waals surface area (Å²) in [7, 11) is 0. The van der Waals surface area contributed by atoms with Crippen molar-refractivity contribution in [3.63, 3.8) is 0 Å². The Kier molecular flexibility index (Phi) is 4.14. The maximum atomic E-state index is 8.83. The third kappa shape index (κ3) is 2.79. The molecule has 0 saturated heterocycles. The fourth-order valence-electron chi connectivity index (χ4n) is 1.91. The summed E-state index contributed by atoms with van der Waals surface area (Å²) in [4.78, 5) is 1.91. The molecule has 0 aliphatic rings. The third-order valence-electron chi connectivity index (χ3n) is 2.92. The number of nitrogens with one attached hydrogen (secondary N) is 1. The number of hydrogen-bond donors (Lipinski definition) is 1. The van der Waals surface area contributed by atoms with Gasteiger partial charge in [-0.15, -0.1) is 11.3 Å². The first-order chi connectivity index (χ1) is 8.74. The largest absolute Gasteiger partial charge is 0.310 e. The van der Waals surface area contributed by atoms with E-state index in [0.717, 1.165) is 16.3 Å². The van der Waals surface area contributed by atoms with Crippen molar-refractivity contribution < 1.29 is 0 Å². The standard InChI is InChI=1S/C15H16N2S/c1-3-17-11(2)12-4-6-13(7-5-12)15-9-8-14(10-16)18-15/h4-9,11,17H,3H2,1-2H3. The molecule has 0 spiro atoms. The Morgan fingerprint density at radius 2 is 1.94 bits per heavy atom. The second-order valence-corrected chi connectivity index (χ2v) is 5.26. The van der Waals surface area contributed by atoms with Crippen molar-refractivity contribution >= 4 is 11.3 Å². The molecule has 0 radical (unpaired) electrons. The summed E-state index contributed by atoms with van der Waals surface area (Å²) in [6, 6.07) is 15.0. The van der Waals surface area contributed by atoms with Crippen LogP contribution in [0.1, 0.15) is 30.3 Å². The predicted octanol–water partition coefficient (Wildman–Crippen LogP) is 3.96. The number of benzene rings is 1. The first-order valence-corrected chi connectivity index (χ1v) is 6.90. The molecule has 2 rings (SSSR count). The Balaban J connectivity index is 2.19. The molecule has 1 atom stereocenters. The van der Waals surface area contributed by atoms with E-state index < -0.39 is 0 Å². The summed E-state index contributed by atoms with van der Waals surface area (Å²) < 4.78 is 0. The number of nitriles is 1. The van der Waals surface area contributed by atoms with E-state index in [-0.39, 0.29) is 0 Å². The van der Waals surface area contributed by atoms with Crippen LogP contribution in [0.15, 0.2) is 36.4 Å². The highest BCUT2D eigenvalue weighted by atomic mass is 32.1. The van der Waals surface area contributed by atoms with E-state index in [1.807, 2.05) is 12.1 Å². The van der Waals surface area contributed by atoms with Gasteiger partial charge in [-0.2, -0.15) is 5.26 Å². The first kappa shape index (κ1) is 12.8. The van der Waals surface area contributed by atoms with Crippen LogP contribution >= 0.6 is 11.3 Å². The highest BCUT2D eigenvalue weighted by molar-refractivity contribution is 7.16. The molecule has 1 N–H and O–H groups in total. The quantitative estimate of drug-likeness (QED) is 0.898. The molecule has 0 saturated carbocycles. The van der Waals surface area contributed by atoms with Gasteiger partial charge in [0.05, 0.1) is 0 Å². The Morgan fingerprint density at radius 3 is 2.50 bits per heavy atom. The number of nitrogens with zero attached hydrogens (tertiary/aromatic N) is 1. The topological polar surface area (TPSA) is 35.8 Å². The summed E-state index contributed by atoms with van der Waals surface area (Å²) in [5.41, 5.74) is 2.46. The lowest BCUT2D eigenvalue weighted by Crippen LogP contribution is -2.17. The molecule has 1 aromatic heterocycles. The van der Waals surface area contributed by atoms with E-state index in [0.29, 0.717) is 6.04 Å². The summed E-state index contributed by atoms with van der Waals surface area (Å²) in [6.07, 6.45) is 0. The van der Waals surface area contributed by atoms with Gasteiger partial charge in [0, 0.05) is 10.9 Å². The minimum absolute atomic E-state index is 0.377. The van der Waals surface area contributed by atoms with Gasteiger partial charge in [-0.05, 0) is 36.7 Å². The zero-order valence-electron chi connectivity index (χ0n) is 10.6. The summed E-state index contributed by atoms with van der Waals surface area (Å²) in [5.74, 6) is 0. The maximum Gasteiger partial charge on any atom is 0.110 e. The Labute approximate surface area is 112 Å². The molecule has 1 unspecified atom stereocenters. The molecule has 0 aliphatic carbocycles. The lowest BCUT2D eigenvalue weighted by molar-refractivity contribution is 0.598. The van der Waals surface area contributed by atoms with Crippen molar-refractivity contribution in [1.29, 1.82) is 5.26 Å². The van der Waals surface area contributed by atoms with Crippen molar-refractivity contribution in [2.45, 2.75) is 19.9 Å². The molecule has 92 valence electrons. The molecular formula is C15H16N2S. The van der Waals surface area contributed by atoms with Crippen molar-refractivity contribution in [3.05, 3.63) is 46.8 Å². The van der Waals surface area contributed by atoms with E-state index in [1.165, 1.54) is 22.5 Å². The van der Waals surface area contributed by atoms with E-state index in [2.05, 4.69) is 49.5 Å². The van der Waals surface area contributed by atoms with Gasteiger partial charge in [0.1, 0.15) is 10.9 Å². The van der Waals surface area contributed by atoms with Crippen LogP contribution in [0.3, 0.4) is 0 Å². The Hall–Kier alpha value is -1.63. The molecular weight excluding hydrogens is 240 g/mol. The van der Waals surface area contributed by atoms with E-state index >= 15 is 0 Å². The SMILES string of the molecule is CCNC(C)c1ccc(-c2ccc(C#N)s2)cc1. The average molecular weight is 256 g/mol. The van der Waals surface area contributed by atoms with Gasteiger partial charge in [0.2, 0.25) is 0 Å². The van der Waals surface area contributed by atoms with Gasteiger partial charge >= 0.3 is 0 Å². The lowest BCUT2D eigenvalue weighted by Gasteiger charge is -2.12. The lowest BCUT2D eigenvalue weighted by atomic mass is 10.1. The van der Waals surface area contributed by atoms with Gasteiger partial charge < -0.3 is 5.32 Å². The van der Waals surface area contributed by atoms with E-state index in [1.54, 1.807) is 0 Å². The molecule has 0 aliphatic heterocycles. The average Bonchev–Trinajstić information content (AvgIpc) is 2.88. The highest BCUT2D eigenvalue weighted by Gasteiger charge is 2.05. The van der Waals surface area contributed by atoms with Crippen LogP contribution in [0.2, 0.25) is 0 Å². The van der Waals surface area contributed by atoms with Crippen molar-refractivity contribution in [2.24, 2.45) is 0 Å². The van der Waals surface area contributed by atoms with Crippen LogP contribution in [0.4, 0.5) is 0 Å². The second-order valence-electron chi connectivity index (χ2n) is 4.18. The Morgan fingerprint density at radius 1 is 1.22 bits per heavy atom. The summed E-state index contributed by atoms with van der Waals surface area (Å²) >= 11 is 1.53. The van der Waals surface area contributed by atoms with Gasteiger partial charge in [-0.25, -0.2) is 0 Å². The van der Waals surface area contributed by atoms with E-state index in [4.69, 9.17) is 5.26 Å². The molecule has 0 fully saturated rings. The number of rotatable bonds is 4. The minimum Gasteiger partial charge on any atom is -0.310 e. The maximum absolute atomic E-state index is 8.83. The summed E-state index contributed by atoms with van der Waals surface area (Å²) in [5, 5.41) is 12.2. The molecule has 1 aromatic carbocycles. The van der Waals surface area contributed by atoms with E-state index in [9.17, 15) is 0 Å². The Bertz CT molecular complexity index is 549. The molecule has 18 heavy (non-hydrogen) atoms. The van der Waals surface area contributed by atoms with Crippen LogP contribution in [-0.2, 0) is 0 Å². The van der Waals surface area contributed by atoms with Crippen LogP contribution in [0.5, 0.6) is 0 Å². The predicted molar refractivity (Wildman–Crippen MR) is 76.6 cm³/mol. The second kappa shape index (κ2) is 5.81. The molecule has 1 heterocycles. The van der Waals surface area contributed by atoms with Crippen molar-refractivity contribution in [3.8, 4) is 16.5 Å². The third-order valence-corrected chi connectivity index (χ3v) is 3.96. The summed E-state index contributed by atoms with van der Waals surface area (Å²) in [6.45, 7) is 5.25. The fraction of sp³-hybridized carbons (Fsp3) is 0.267. The zero-order valence-corrected chi connectivity index (χ0v) is 11.4. The van der Waals surface area contributed by atoms with Crippen molar-refractivity contribution in [2.75, 3.05) is 6.54 Å². The molecule has 2 aromatic rings. The zero-order chi connectivity index (χ0) is 13.0. The number of hydrogen-bond acceptors (Lipinski definition) is 3. The molecule has 0 bridgehead atoms. The monoisotopic (exact) mass is 256 g/mol. The van der Waals surface area contributed by atoms with Gasteiger partial charge in [-0.3, -0.25) is 0 Å². The van der Waals surface area contributed by atoms with Crippen LogP contribution < -0.4 is 5.32 Å². The van der Waals surface area contributed by atoms with Crippen LogP contribution in [-0.4, -0.2) is 6.54 Å². The molecule has 2 nitrogen and oxygen atoms in total. The van der Waals surface area contributed by atoms with Crippen LogP contribution in [0, 0.1) is 11.3 Å². The smallest absolute Gasteiger partial charge is 0.110 e. The van der Waals surface area contributed by atoms with Gasteiger partial charge in [0.15, 0.2) is 0 Å². The molecule has 0 amide bonds. The van der Waals surface area contributed by atoms with Crippen molar-refractivity contribution in [1.82, 2.24) is 5.32 Å². The van der Waals surface area contributed by atoms with Gasteiger partial charge in [-0.1, -0.05) is 31.2 Å². The normalized spacial score (nSPS) is 12.1. The minimum atomic E-state index is 0.377. The fourth-order valence-corrected chi connectivity index (χ4v) is 2.72. The first-order valence-electron chi connectivity index (χ1n) is 6.08. The number of thiophene rings is 1.